The van der Waals surface area contributed by atoms with Crippen molar-refractivity contribution in [3.8, 4) is 0 Å². The van der Waals surface area contributed by atoms with Crippen LogP contribution in [0.25, 0.3) is 0 Å². The highest BCUT2D eigenvalue weighted by atomic mass is 32.1. The third-order valence-electron chi connectivity index (χ3n) is 3.07. The van der Waals surface area contributed by atoms with E-state index in [0.717, 1.165) is 19.4 Å². The van der Waals surface area contributed by atoms with Crippen LogP contribution in [0.4, 0.5) is 0 Å². The molecule has 0 aromatic carbocycles. The van der Waals surface area contributed by atoms with Gasteiger partial charge in [0.15, 0.2) is 0 Å². The molecule has 0 fully saturated rings. The summed E-state index contributed by atoms with van der Waals surface area (Å²) in [5.41, 5.74) is 3.59. The molecule has 0 bridgehead atoms. The second-order valence-corrected chi connectivity index (χ2v) is 4.78. The maximum Gasteiger partial charge on any atom is 0.0436 e. The number of nitrogens with zero attached hydrogens (tertiary/aromatic N) is 2. The van der Waals surface area contributed by atoms with Crippen LogP contribution in [0.15, 0.2) is 23.5 Å². The van der Waals surface area contributed by atoms with Crippen molar-refractivity contribution in [2.45, 2.75) is 38.5 Å². The van der Waals surface area contributed by atoms with Crippen molar-refractivity contribution in [3.05, 3.63) is 29.6 Å². The molecule has 0 aliphatic carbocycles. The molecule has 3 heteroatoms. The molecule has 1 aromatic rings. The zero-order valence-corrected chi connectivity index (χ0v) is 10.9. The predicted molar refractivity (Wildman–Crippen MR) is 76.1 cm³/mol. The molecule has 0 radical (unpaired) electrons. The van der Waals surface area contributed by atoms with Gasteiger partial charge in [-0.2, -0.15) is 0 Å². The average Bonchev–Trinajstić information content (AvgIpc) is 2.29. The lowest BCUT2D eigenvalue weighted by atomic mass is 10.0. The highest BCUT2D eigenvalue weighted by Crippen LogP contribution is 2.14. The largest absolute Gasteiger partial charge is 0.289 e. The first-order chi connectivity index (χ1) is 8.40. The van der Waals surface area contributed by atoms with E-state index in [0.29, 0.717) is 0 Å². The number of aromatic nitrogens is 1. The first-order valence-corrected chi connectivity index (χ1v) is 6.78. The van der Waals surface area contributed by atoms with Gasteiger partial charge in [0.1, 0.15) is 0 Å². The minimum atomic E-state index is 0.809. The SMILES string of the molecule is S=CCc1cncc(C2=NCCCCCC2)c1. The summed E-state index contributed by atoms with van der Waals surface area (Å²) in [5.74, 6) is 0. The first kappa shape index (κ1) is 12.4. The van der Waals surface area contributed by atoms with E-state index in [1.54, 1.807) is 5.37 Å². The van der Waals surface area contributed by atoms with Gasteiger partial charge in [-0.15, -0.1) is 0 Å². The second kappa shape index (κ2) is 6.60. The van der Waals surface area contributed by atoms with E-state index in [2.05, 4.69) is 11.1 Å². The number of thiocarbonyl (C=S) groups is 1. The van der Waals surface area contributed by atoms with Gasteiger partial charge in [0.2, 0.25) is 0 Å². The minimum absolute atomic E-state index is 0.809. The molecular weight excluding hydrogens is 228 g/mol. The molecule has 0 spiro atoms. The van der Waals surface area contributed by atoms with E-state index in [1.165, 1.54) is 42.5 Å². The van der Waals surface area contributed by atoms with Crippen LogP contribution in [0, 0.1) is 0 Å². The van der Waals surface area contributed by atoms with Crippen molar-refractivity contribution in [1.29, 1.82) is 0 Å². The normalized spacial score (nSPS) is 16.8. The van der Waals surface area contributed by atoms with Gasteiger partial charge in [-0.25, -0.2) is 0 Å². The van der Waals surface area contributed by atoms with Crippen molar-refractivity contribution >= 4 is 23.3 Å². The number of aliphatic imine (C=N–C) groups is 1. The Labute approximate surface area is 108 Å². The quantitative estimate of drug-likeness (QED) is 0.764. The lowest BCUT2D eigenvalue weighted by Gasteiger charge is -2.11. The molecule has 0 atom stereocenters. The zero-order valence-electron chi connectivity index (χ0n) is 10.1. The third kappa shape index (κ3) is 3.70. The van der Waals surface area contributed by atoms with E-state index >= 15 is 0 Å². The van der Waals surface area contributed by atoms with Crippen LogP contribution in [0.5, 0.6) is 0 Å². The molecule has 0 saturated heterocycles. The van der Waals surface area contributed by atoms with Crippen LogP contribution in [0.3, 0.4) is 0 Å². The van der Waals surface area contributed by atoms with Crippen molar-refractivity contribution in [1.82, 2.24) is 4.98 Å². The summed E-state index contributed by atoms with van der Waals surface area (Å²) in [5, 5.41) is 1.75. The lowest BCUT2D eigenvalue weighted by molar-refractivity contribution is 0.644. The molecule has 0 N–H and O–H groups in total. The van der Waals surface area contributed by atoms with Gasteiger partial charge in [0, 0.05) is 36.6 Å². The highest BCUT2D eigenvalue weighted by molar-refractivity contribution is 7.78. The van der Waals surface area contributed by atoms with Gasteiger partial charge < -0.3 is 0 Å². The summed E-state index contributed by atoms with van der Waals surface area (Å²) in [7, 11) is 0. The Morgan fingerprint density at radius 3 is 2.94 bits per heavy atom. The maximum absolute atomic E-state index is 4.89. The monoisotopic (exact) mass is 246 g/mol. The summed E-state index contributed by atoms with van der Waals surface area (Å²) < 4.78 is 0. The Bertz CT molecular complexity index is 412. The molecule has 2 heterocycles. The van der Waals surface area contributed by atoms with Crippen molar-refractivity contribution in [2.75, 3.05) is 6.54 Å². The molecule has 0 amide bonds. The van der Waals surface area contributed by atoms with Crippen LogP contribution in [0.1, 0.15) is 43.2 Å². The van der Waals surface area contributed by atoms with Crippen LogP contribution < -0.4 is 0 Å². The summed E-state index contributed by atoms with van der Waals surface area (Å²) in [4.78, 5) is 8.98. The topological polar surface area (TPSA) is 25.2 Å². The van der Waals surface area contributed by atoms with Gasteiger partial charge in [-0.3, -0.25) is 9.98 Å². The number of hydrogen-bond acceptors (Lipinski definition) is 3. The molecule has 2 rings (SSSR count). The molecule has 1 aliphatic rings. The van der Waals surface area contributed by atoms with E-state index < -0.39 is 0 Å². The Kier molecular flexibility index (Phi) is 4.80. The molecule has 0 unspecified atom stereocenters. The van der Waals surface area contributed by atoms with Crippen molar-refractivity contribution < 1.29 is 0 Å². The molecule has 0 saturated carbocycles. The zero-order chi connectivity index (χ0) is 11.9. The van der Waals surface area contributed by atoms with Crippen LogP contribution in [-0.4, -0.2) is 22.6 Å². The highest BCUT2D eigenvalue weighted by Gasteiger charge is 2.07. The fourth-order valence-electron chi connectivity index (χ4n) is 2.14. The lowest BCUT2D eigenvalue weighted by Crippen LogP contribution is -2.06. The predicted octanol–water partition coefficient (Wildman–Crippen LogP) is 3.38. The van der Waals surface area contributed by atoms with Crippen LogP contribution >= 0.6 is 12.2 Å². The van der Waals surface area contributed by atoms with Gasteiger partial charge in [-0.05, 0) is 36.3 Å². The van der Waals surface area contributed by atoms with Crippen molar-refractivity contribution in [3.63, 3.8) is 0 Å². The summed E-state index contributed by atoms with van der Waals surface area (Å²) in [6, 6.07) is 2.18. The van der Waals surface area contributed by atoms with E-state index in [1.807, 2.05) is 12.4 Å². The van der Waals surface area contributed by atoms with Gasteiger partial charge in [-0.1, -0.05) is 25.1 Å². The van der Waals surface area contributed by atoms with Gasteiger partial charge >= 0.3 is 0 Å². The van der Waals surface area contributed by atoms with Gasteiger partial charge in [0.05, 0.1) is 0 Å². The Morgan fingerprint density at radius 2 is 2.06 bits per heavy atom. The number of hydrogen-bond donors (Lipinski definition) is 0. The van der Waals surface area contributed by atoms with E-state index in [4.69, 9.17) is 17.2 Å². The molecular formula is C14H18N2S. The number of rotatable bonds is 3. The molecule has 1 aromatic heterocycles. The molecule has 1 aliphatic heterocycles. The molecule has 17 heavy (non-hydrogen) atoms. The summed E-state index contributed by atoms with van der Waals surface area (Å²) in [6.07, 6.45) is 10.8. The summed E-state index contributed by atoms with van der Waals surface area (Å²) >= 11 is 4.89. The first-order valence-electron chi connectivity index (χ1n) is 6.31. The molecule has 2 nitrogen and oxygen atoms in total. The summed E-state index contributed by atoms with van der Waals surface area (Å²) in [6.45, 7) is 0.965. The standard InChI is InChI=1S/C14H18N2S/c17-8-6-12-9-13(11-15-10-12)14-5-3-1-2-4-7-16-14/h8-11H,1-7H2. The fourth-order valence-corrected chi connectivity index (χ4v) is 2.33. The van der Waals surface area contributed by atoms with Crippen molar-refractivity contribution in [2.24, 2.45) is 4.99 Å². The Balaban J connectivity index is 2.18. The van der Waals surface area contributed by atoms with E-state index in [9.17, 15) is 0 Å². The Morgan fingerprint density at radius 1 is 1.18 bits per heavy atom. The minimum Gasteiger partial charge on any atom is -0.289 e. The van der Waals surface area contributed by atoms with Crippen LogP contribution in [0.2, 0.25) is 0 Å². The van der Waals surface area contributed by atoms with Gasteiger partial charge in [0.25, 0.3) is 0 Å². The maximum atomic E-state index is 4.89. The molecule has 90 valence electrons. The smallest absolute Gasteiger partial charge is 0.0436 e. The fraction of sp³-hybridized carbons (Fsp3) is 0.500. The third-order valence-corrected chi connectivity index (χ3v) is 3.24. The number of pyridine rings is 1. The average molecular weight is 246 g/mol. The van der Waals surface area contributed by atoms with Crippen LogP contribution in [-0.2, 0) is 6.42 Å². The Hall–Kier alpha value is -1.09. The van der Waals surface area contributed by atoms with E-state index in [-0.39, 0.29) is 0 Å². The second-order valence-electron chi connectivity index (χ2n) is 4.45.